The molecule has 0 atom stereocenters. The smallest absolute Gasteiger partial charge is 0.159 e. The van der Waals surface area contributed by atoms with Gasteiger partial charge in [0.25, 0.3) is 0 Å². The predicted octanol–water partition coefficient (Wildman–Crippen LogP) is 3.88. The Bertz CT molecular complexity index is 591. The van der Waals surface area contributed by atoms with Crippen LogP contribution in [0.15, 0.2) is 42.5 Å². The molecule has 1 saturated carbocycles. The first-order chi connectivity index (χ1) is 9.22. The Labute approximate surface area is 111 Å². The van der Waals surface area contributed by atoms with Crippen LogP contribution in [-0.4, -0.2) is 6.04 Å². The van der Waals surface area contributed by atoms with Gasteiger partial charge in [0.1, 0.15) is 0 Å². The van der Waals surface area contributed by atoms with Crippen LogP contribution < -0.4 is 5.32 Å². The number of nitrogens with one attached hydrogen (secondary N) is 1. The molecule has 0 heterocycles. The second-order valence-corrected chi connectivity index (χ2v) is 4.98. The molecule has 3 heteroatoms. The number of halogens is 2. The summed E-state index contributed by atoms with van der Waals surface area (Å²) >= 11 is 0. The lowest BCUT2D eigenvalue weighted by Crippen LogP contribution is -2.15. The van der Waals surface area contributed by atoms with Crippen molar-refractivity contribution in [2.75, 3.05) is 0 Å². The summed E-state index contributed by atoms with van der Waals surface area (Å²) in [5.74, 6) is -1.62. The largest absolute Gasteiger partial charge is 0.310 e. The van der Waals surface area contributed by atoms with Gasteiger partial charge in [-0.1, -0.05) is 24.3 Å². The fourth-order valence-electron chi connectivity index (χ4n) is 2.09. The topological polar surface area (TPSA) is 12.0 Å². The number of hydrogen-bond acceptors (Lipinski definition) is 1. The minimum Gasteiger partial charge on any atom is -0.310 e. The molecule has 0 amide bonds. The molecule has 3 rings (SSSR count). The molecule has 1 aliphatic rings. The van der Waals surface area contributed by atoms with Crippen LogP contribution in [0, 0.1) is 11.6 Å². The van der Waals surface area contributed by atoms with Gasteiger partial charge in [0.2, 0.25) is 0 Å². The lowest BCUT2D eigenvalue weighted by Gasteiger charge is -2.07. The van der Waals surface area contributed by atoms with E-state index in [1.54, 1.807) is 6.07 Å². The van der Waals surface area contributed by atoms with Crippen molar-refractivity contribution in [1.82, 2.24) is 5.32 Å². The Kier molecular flexibility index (Phi) is 3.30. The van der Waals surface area contributed by atoms with Crippen LogP contribution in [0.1, 0.15) is 18.4 Å². The molecule has 0 bridgehead atoms. The Balaban J connectivity index is 1.82. The standard InChI is InChI=1S/C16H15F2N/c17-15-7-4-13(9-16(15)18)12-3-1-2-11(8-12)10-19-14-5-6-14/h1-4,7-9,14,19H,5-6,10H2. The summed E-state index contributed by atoms with van der Waals surface area (Å²) in [5, 5.41) is 3.44. The predicted molar refractivity (Wildman–Crippen MR) is 71.7 cm³/mol. The van der Waals surface area contributed by atoms with E-state index in [-0.39, 0.29) is 0 Å². The van der Waals surface area contributed by atoms with Gasteiger partial charge in [0.15, 0.2) is 11.6 Å². The minimum atomic E-state index is -0.810. The SMILES string of the molecule is Fc1ccc(-c2cccc(CNC3CC3)c2)cc1F. The maximum atomic E-state index is 13.2. The summed E-state index contributed by atoms with van der Waals surface area (Å²) in [6, 6.07) is 12.6. The first-order valence-corrected chi connectivity index (χ1v) is 6.50. The molecule has 0 spiro atoms. The highest BCUT2D eigenvalue weighted by atomic mass is 19.2. The summed E-state index contributed by atoms with van der Waals surface area (Å²) in [4.78, 5) is 0. The zero-order chi connectivity index (χ0) is 13.2. The van der Waals surface area contributed by atoms with Crippen molar-refractivity contribution in [3.63, 3.8) is 0 Å². The monoisotopic (exact) mass is 259 g/mol. The van der Waals surface area contributed by atoms with Gasteiger partial charge in [-0.05, 0) is 47.7 Å². The van der Waals surface area contributed by atoms with Crippen molar-refractivity contribution in [3.8, 4) is 11.1 Å². The molecule has 0 unspecified atom stereocenters. The van der Waals surface area contributed by atoms with E-state index in [0.29, 0.717) is 11.6 Å². The molecule has 98 valence electrons. The van der Waals surface area contributed by atoms with Crippen molar-refractivity contribution in [2.45, 2.75) is 25.4 Å². The van der Waals surface area contributed by atoms with Crippen LogP contribution in [0.4, 0.5) is 8.78 Å². The zero-order valence-electron chi connectivity index (χ0n) is 10.5. The summed E-state index contributed by atoms with van der Waals surface area (Å²) in [5.41, 5.74) is 2.77. The van der Waals surface area contributed by atoms with Gasteiger partial charge in [0.05, 0.1) is 0 Å². The lowest BCUT2D eigenvalue weighted by molar-refractivity contribution is 0.509. The maximum absolute atomic E-state index is 13.2. The van der Waals surface area contributed by atoms with Gasteiger partial charge in [-0.2, -0.15) is 0 Å². The van der Waals surface area contributed by atoms with Gasteiger partial charge < -0.3 is 5.32 Å². The fourth-order valence-corrected chi connectivity index (χ4v) is 2.09. The van der Waals surface area contributed by atoms with E-state index in [1.165, 1.54) is 25.0 Å². The van der Waals surface area contributed by atoms with Crippen molar-refractivity contribution in [1.29, 1.82) is 0 Å². The fraction of sp³-hybridized carbons (Fsp3) is 0.250. The third-order valence-electron chi connectivity index (χ3n) is 3.35. The molecule has 1 N–H and O–H groups in total. The molecule has 1 nitrogen and oxygen atoms in total. The number of hydrogen-bond donors (Lipinski definition) is 1. The molecule has 0 aromatic heterocycles. The van der Waals surface area contributed by atoms with E-state index in [4.69, 9.17) is 0 Å². The van der Waals surface area contributed by atoms with Crippen molar-refractivity contribution >= 4 is 0 Å². The first-order valence-electron chi connectivity index (χ1n) is 6.50. The summed E-state index contributed by atoms with van der Waals surface area (Å²) in [6.07, 6.45) is 2.51. The van der Waals surface area contributed by atoms with E-state index in [9.17, 15) is 8.78 Å². The first kappa shape index (κ1) is 12.3. The van der Waals surface area contributed by atoms with Crippen molar-refractivity contribution < 1.29 is 8.78 Å². The Morgan fingerprint density at radius 2 is 1.74 bits per heavy atom. The molecule has 1 aliphatic carbocycles. The van der Waals surface area contributed by atoms with Crippen LogP contribution in [0.25, 0.3) is 11.1 Å². The molecule has 2 aromatic rings. The van der Waals surface area contributed by atoms with Gasteiger partial charge in [0, 0.05) is 12.6 Å². The number of rotatable bonds is 4. The third-order valence-corrected chi connectivity index (χ3v) is 3.35. The van der Waals surface area contributed by atoms with Crippen molar-refractivity contribution in [2.24, 2.45) is 0 Å². The summed E-state index contributed by atoms with van der Waals surface area (Å²) in [7, 11) is 0. The van der Waals surface area contributed by atoms with Gasteiger partial charge in [-0.25, -0.2) is 8.78 Å². The lowest BCUT2D eigenvalue weighted by atomic mass is 10.0. The highest BCUT2D eigenvalue weighted by Gasteiger charge is 2.19. The molecule has 0 radical (unpaired) electrons. The van der Waals surface area contributed by atoms with Crippen molar-refractivity contribution in [3.05, 3.63) is 59.7 Å². The zero-order valence-corrected chi connectivity index (χ0v) is 10.5. The highest BCUT2D eigenvalue weighted by molar-refractivity contribution is 5.64. The van der Waals surface area contributed by atoms with Crippen LogP contribution in [0.2, 0.25) is 0 Å². The molecule has 19 heavy (non-hydrogen) atoms. The average molecular weight is 259 g/mol. The van der Waals surface area contributed by atoms with E-state index in [1.807, 2.05) is 24.3 Å². The van der Waals surface area contributed by atoms with Gasteiger partial charge in [-0.3, -0.25) is 0 Å². The van der Waals surface area contributed by atoms with Crippen LogP contribution in [-0.2, 0) is 6.54 Å². The van der Waals surface area contributed by atoms with Gasteiger partial charge >= 0.3 is 0 Å². The Morgan fingerprint density at radius 1 is 0.947 bits per heavy atom. The van der Waals surface area contributed by atoms with Gasteiger partial charge in [-0.15, -0.1) is 0 Å². The van der Waals surface area contributed by atoms with E-state index < -0.39 is 11.6 Å². The molecular formula is C16H15F2N. The second kappa shape index (κ2) is 5.10. The van der Waals surface area contributed by atoms with Crippen LogP contribution >= 0.6 is 0 Å². The van der Waals surface area contributed by atoms with E-state index in [2.05, 4.69) is 5.32 Å². The summed E-state index contributed by atoms with van der Waals surface area (Å²) < 4.78 is 26.2. The normalized spacial score (nSPS) is 14.6. The Hall–Kier alpha value is -1.74. The van der Waals surface area contributed by atoms with Crippen LogP contribution in [0.5, 0.6) is 0 Å². The molecule has 0 saturated heterocycles. The summed E-state index contributed by atoms with van der Waals surface area (Å²) in [6.45, 7) is 0.822. The van der Waals surface area contributed by atoms with Crippen LogP contribution in [0.3, 0.4) is 0 Å². The molecule has 0 aliphatic heterocycles. The number of benzene rings is 2. The third kappa shape index (κ3) is 2.99. The molecule has 2 aromatic carbocycles. The Morgan fingerprint density at radius 3 is 2.47 bits per heavy atom. The average Bonchev–Trinajstić information content (AvgIpc) is 3.24. The maximum Gasteiger partial charge on any atom is 0.159 e. The molecule has 1 fully saturated rings. The minimum absolute atomic E-state index is 0.659. The second-order valence-electron chi connectivity index (χ2n) is 4.98. The quantitative estimate of drug-likeness (QED) is 0.878. The molecular weight excluding hydrogens is 244 g/mol. The van der Waals surface area contributed by atoms with E-state index >= 15 is 0 Å². The highest BCUT2D eigenvalue weighted by Crippen LogP contribution is 2.23. The van der Waals surface area contributed by atoms with E-state index in [0.717, 1.165) is 17.7 Å².